The second-order valence-corrected chi connectivity index (χ2v) is 21.3. The molecule has 3 rings (SSSR count). The Bertz CT molecular complexity index is 2020. The summed E-state index contributed by atoms with van der Waals surface area (Å²) < 4.78 is 6.48. The van der Waals surface area contributed by atoms with Gasteiger partial charge in [0.25, 0.3) is 5.91 Å². The zero-order chi connectivity index (χ0) is 56.2. The van der Waals surface area contributed by atoms with Crippen molar-refractivity contribution in [1.82, 2.24) is 60.9 Å². The number of fused-ring (bicyclic) bond motifs is 1. The van der Waals surface area contributed by atoms with Gasteiger partial charge < -0.3 is 55.6 Å². The van der Waals surface area contributed by atoms with Gasteiger partial charge in [0.05, 0.1) is 24.7 Å². The van der Waals surface area contributed by atoms with Crippen LogP contribution in [-0.4, -0.2) is 234 Å². The fourth-order valence-electron chi connectivity index (χ4n) is 9.87. The van der Waals surface area contributed by atoms with Crippen LogP contribution >= 0.6 is 0 Å². The van der Waals surface area contributed by atoms with Crippen LogP contribution in [0.25, 0.3) is 0 Å². The number of carbonyl (C=O) groups excluding carboxylic acids is 10. The van der Waals surface area contributed by atoms with Gasteiger partial charge in [0.2, 0.25) is 41.4 Å². The second-order valence-electron chi connectivity index (χ2n) is 21.3. The predicted molar refractivity (Wildman–Crippen MR) is 274 cm³/mol. The van der Waals surface area contributed by atoms with Crippen LogP contribution in [0.3, 0.4) is 0 Å². The van der Waals surface area contributed by atoms with Crippen molar-refractivity contribution in [3.8, 4) is 0 Å². The molecule has 24 nitrogen and oxygen atoms in total. The Morgan fingerprint density at radius 1 is 0.797 bits per heavy atom. The zero-order valence-corrected chi connectivity index (χ0v) is 46.7. The monoisotopic (exact) mass is 1050 g/mol. The number of urea groups is 2. The van der Waals surface area contributed by atoms with Gasteiger partial charge in [0, 0.05) is 68.5 Å². The lowest BCUT2D eigenvalue weighted by molar-refractivity contribution is -0.153. The predicted octanol–water partition coefficient (Wildman–Crippen LogP) is -0.270. The average molecular weight is 1050 g/mol. The van der Waals surface area contributed by atoms with Crippen LogP contribution < -0.4 is 26.6 Å². The van der Waals surface area contributed by atoms with E-state index in [1.54, 1.807) is 34.7 Å². The van der Waals surface area contributed by atoms with E-state index in [1.807, 2.05) is 27.7 Å². The molecule has 0 aromatic rings. The van der Waals surface area contributed by atoms with Crippen molar-refractivity contribution >= 4 is 59.3 Å². The highest BCUT2D eigenvalue weighted by molar-refractivity contribution is 6.03. The molecule has 0 spiro atoms. The van der Waals surface area contributed by atoms with Gasteiger partial charge in [-0.15, -0.1) is 0 Å². The number of nitrogens with one attached hydrogen (secondary N) is 5. The summed E-state index contributed by atoms with van der Waals surface area (Å²) >= 11 is 0. The summed E-state index contributed by atoms with van der Waals surface area (Å²) in [6, 6.07) is -10.4. The van der Waals surface area contributed by atoms with Gasteiger partial charge in [0.1, 0.15) is 48.4 Å². The SMILES string of the molecule is CC[C@@H](C(=O)N(C)[C@H](C)C(=O)N(C)[C@@H](CC(C)C)C(=O)N[C@H](C(=O)N(C)C(=O)N[C@H](C)C(=O)NC(=O)N(C)C(CC(C)C)C(=O)NC)C(C)C)N1C(=O)[C@@H]2[C@H](OC(C)CC(=O)N2C)[C@H]1CC1NCCN1CCCO. The van der Waals surface area contributed by atoms with E-state index in [1.165, 1.54) is 68.7 Å². The maximum Gasteiger partial charge on any atom is 0.324 e. The maximum absolute atomic E-state index is 14.8. The number of likely N-dealkylation sites (tertiary alicyclic amines) is 1. The van der Waals surface area contributed by atoms with E-state index in [0.29, 0.717) is 43.8 Å². The quantitative estimate of drug-likeness (QED) is 0.0769. The minimum atomic E-state index is -1.32. The summed E-state index contributed by atoms with van der Waals surface area (Å²) in [6.07, 6.45) is 0.168. The van der Waals surface area contributed by atoms with Crippen molar-refractivity contribution in [2.75, 3.05) is 68.5 Å². The third-order valence-corrected chi connectivity index (χ3v) is 14.5. The first-order chi connectivity index (χ1) is 34.6. The molecule has 0 aromatic carbocycles. The summed E-state index contributed by atoms with van der Waals surface area (Å²) in [5.41, 5.74) is 0. The lowest BCUT2D eigenvalue weighted by Gasteiger charge is -2.39. The maximum atomic E-state index is 14.8. The average Bonchev–Trinajstić information content (AvgIpc) is 3.87. The highest BCUT2D eigenvalue weighted by Gasteiger charge is 2.57. The first kappa shape index (κ1) is 62.8. The molecule has 3 fully saturated rings. The van der Waals surface area contributed by atoms with E-state index in [9.17, 15) is 53.1 Å². The first-order valence-corrected chi connectivity index (χ1v) is 26.1. The molecule has 0 aliphatic carbocycles. The summed E-state index contributed by atoms with van der Waals surface area (Å²) in [5.74, 6) is -5.36. The molecule has 0 aromatic heterocycles. The molecule has 0 radical (unpaired) electrons. The van der Waals surface area contributed by atoms with E-state index in [4.69, 9.17) is 4.74 Å². The van der Waals surface area contributed by atoms with E-state index in [2.05, 4.69) is 31.5 Å². The molecule has 420 valence electrons. The van der Waals surface area contributed by atoms with Gasteiger partial charge in [-0.05, 0) is 70.6 Å². The molecule has 0 saturated carbocycles. The van der Waals surface area contributed by atoms with Gasteiger partial charge in [-0.25, -0.2) is 9.59 Å². The van der Waals surface area contributed by atoms with E-state index in [-0.39, 0.29) is 49.8 Å². The molecule has 24 heteroatoms. The number of amides is 12. The number of hydrogen-bond acceptors (Lipinski definition) is 14. The van der Waals surface area contributed by atoms with Crippen molar-refractivity contribution < 1.29 is 57.8 Å². The Kier molecular flexibility index (Phi) is 23.7. The number of likely N-dealkylation sites (N-methyl/N-ethyl adjacent to an activating group) is 6. The summed E-state index contributed by atoms with van der Waals surface area (Å²) in [6.45, 7) is 19.2. The van der Waals surface area contributed by atoms with E-state index >= 15 is 0 Å². The Labute approximate surface area is 437 Å². The molecule has 12 amide bonds. The largest absolute Gasteiger partial charge is 0.396 e. The van der Waals surface area contributed by atoms with Crippen LogP contribution in [-0.2, 0) is 43.1 Å². The number of nitrogens with zero attached hydrogens (tertiary/aromatic N) is 7. The lowest BCUT2D eigenvalue weighted by Crippen LogP contribution is -2.61. The van der Waals surface area contributed by atoms with Crippen LogP contribution in [0.5, 0.6) is 0 Å². The van der Waals surface area contributed by atoms with Crippen LogP contribution in [0.4, 0.5) is 9.59 Å². The zero-order valence-electron chi connectivity index (χ0n) is 46.7. The number of aliphatic hydroxyl groups excluding tert-OH is 1. The highest BCUT2D eigenvalue weighted by Crippen LogP contribution is 2.36. The molecule has 3 unspecified atom stereocenters. The fourth-order valence-corrected chi connectivity index (χ4v) is 9.87. The van der Waals surface area contributed by atoms with Crippen molar-refractivity contribution in [2.24, 2.45) is 17.8 Å². The molecule has 11 atom stereocenters. The first-order valence-electron chi connectivity index (χ1n) is 26.1. The van der Waals surface area contributed by atoms with Crippen molar-refractivity contribution in [1.29, 1.82) is 0 Å². The Balaban J connectivity index is 1.81. The molecular formula is C50H88N12O12. The lowest BCUT2D eigenvalue weighted by atomic mass is 9.98. The van der Waals surface area contributed by atoms with Gasteiger partial charge in [-0.3, -0.25) is 53.5 Å². The molecule has 6 N–H and O–H groups in total. The van der Waals surface area contributed by atoms with E-state index in [0.717, 1.165) is 4.90 Å². The van der Waals surface area contributed by atoms with Crippen molar-refractivity contribution in [3.05, 3.63) is 0 Å². The highest BCUT2D eigenvalue weighted by atomic mass is 16.5. The fraction of sp³-hybridized carbons (Fsp3) is 0.800. The molecule has 74 heavy (non-hydrogen) atoms. The second kappa shape index (κ2) is 27.9. The summed E-state index contributed by atoms with van der Waals surface area (Å²) in [5, 5.41) is 22.9. The Morgan fingerprint density at radius 3 is 1.93 bits per heavy atom. The normalized spacial score (nSPS) is 22.5. The Morgan fingerprint density at radius 2 is 1.39 bits per heavy atom. The van der Waals surface area contributed by atoms with E-state index < -0.39 is 120 Å². The number of ether oxygens (including phenoxy) is 1. The number of carbonyl (C=O) groups is 10. The van der Waals surface area contributed by atoms with Crippen LogP contribution in [0.15, 0.2) is 0 Å². The topological polar surface area (TPSA) is 283 Å². The van der Waals surface area contributed by atoms with Crippen molar-refractivity contribution in [3.63, 3.8) is 0 Å². The number of aliphatic hydroxyl groups is 1. The molecule has 0 bridgehead atoms. The minimum absolute atomic E-state index is 0.0118. The van der Waals surface area contributed by atoms with Crippen LogP contribution in [0, 0.1) is 17.8 Å². The molecule has 3 aliphatic heterocycles. The Hall–Kier alpha value is -5.46. The van der Waals surface area contributed by atoms with Gasteiger partial charge in [-0.1, -0.05) is 48.5 Å². The van der Waals surface area contributed by atoms with Crippen LogP contribution in [0.1, 0.15) is 108 Å². The third kappa shape index (κ3) is 15.3. The standard InChI is InChI=1S/C50H88N12O12/c1-17-33(62-34(26-37-52-19-21-61(37)20-18-22-63)41-40(48(62)71)59(15)38(64)25-30(8)74-41)46(69)56(12)32(10)45(68)57(13)36(24-28(4)5)44(67)54-39(29(6)7)47(70)60(16)49(72)53-31(9)42(65)55-50(73)58(14)35(23-27(2)3)43(66)51-11/h27-37,39-41,52,63H,17-26H2,1-16H3,(H,51,66)(H,53,72)(H,54,67)(H,55,65,73)/t30?,31-,32-,33+,34-,35?,36+,37?,39+,40+,41-/m1/s1. The van der Waals surface area contributed by atoms with Crippen LogP contribution in [0.2, 0.25) is 0 Å². The van der Waals surface area contributed by atoms with Gasteiger partial charge in [0.15, 0.2) is 0 Å². The molecular weight excluding hydrogens is 961 g/mol. The van der Waals surface area contributed by atoms with Crippen molar-refractivity contribution in [2.45, 2.75) is 174 Å². The smallest absolute Gasteiger partial charge is 0.324 e. The molecule has 3 heterocycles. The van der Waals surface area contributed by atoms with Gasteiger partial charge >= 0.3 is 12.1 Å². The number of rotatable bonds is 23. The third-order valence-electron chi connectivity index (χ3n) is 14.5. The number of hydrogen-bond donors (Lipinski definition) is 6. The molecule has 3 saturated heterocycles. The van der Waals surface area contributed by atoms with Gasteiger partial charge in [-0.2, -0.15) is 0 Å². The summed E-state index contributed by atoms with van der Waals surface area (Å²) in [7, 11) is 8.44. The minimum Gasteiger partial charge on any atom is -0.396 e. The molecule has 3 aliphatic rings. The summed E-state index contributed by atoms with van der Waals surface area (Å²) in [4.78, 5) is 147. The number of imide groups is 2.